The van der Waals surface area contributed by atoms with Gasteiger partial charge in [-0.1, -0.05) is 6.42 Å². The van der Waals surface area contributed by atoms with E-state index in [9.17, 15) is 9.59 Å². The largest absolute Gasteiger partial charge is 0.444 e. The van der Waals surface area contributed by atoms with Crippen LogP contribution in [0.15, 0.2) is 4.99 Å². The third-order valence-electron chi connectivity index (χ3n) is 5.42. The topological polar surface area (TPSA) is 77.5 Å². The number of rotatable bonds is 4. The van der Waals surface area contributed by atoms with Crippen LogP contribution in [0.4, 0.5) is 4.79 Å². The van der Waals surface area contributed by atoms with Crippen molar-refractivity contribution in [2.24, 2.45) is 4.99 Å². The van der Waals surface area contributed by atoms with Crippen molar-refractivity contribution in [2.45, 2.75) is 64.5 Å². The molecular weight excluding hydrogens is 485 g/mol. The van der Waals surface area contributed by atoms with Gasteiger partial charge in [-0.3, -0.25) is 9.79 Å². The second kappa shape index (κ2) is 10.7. The number of carbonyl (C=O) groups is 2. The van der Waals surface area contributed by atoms with E-state index in [1.807, 2.05) is 25.7 Å². The summed E-state index contributed by atoms with van der Waals surface area (Å²) in [6, 6.07) is 0.218. The fraction of sp³-hybridized carbons (Fsp3) is 0.850. The average Bonchev–Trinajstić information content (AvgIpc) is 2.92. The van der Waals surface area contributed by atoms with Crippen molar-refractivity contribution in [1.82, 2.24) is 20.0 Å². The Hall–Kier alpha value is -1.26. The first-order chi connectivity index (χ1) is 13.3. The van der Waals surface area contributed by atoms with Crippen LogP contribution in [0.5, 0.6) is 0 Å². The number of nitrogens with zero attached hydrogens (tertiary/aromatic N) is 4. The van der Waals surface area contributed by atoms with Gasteiger partial charge in [0.05, 0.1) is 12.6 Å². The average molecular weight is 521 g/mol. The minimum atomic E-state index is -0.470. The molecule has 0 saturated carbocycles. The molecule has 2 saturated heterocycles. The van der Waals surface area contributed by atoms with Crippen molar-refractivity contribution in [3.63, 3.8) is 0 Å². The van der Waals surface area contributed by atoms with Gasteiger partial charge in [0, 0.05) is 45.7 Å². The lowest BCUT2D eigenvalue weighted by molar-refractivity contribution is -0.130. The molecule has 0 spiro atoms. The van der Waals surface area contributed by atoms with E-state index in [-0.39, 0.29) is 36.1 Å². The normalized spacial score (nSPS) is 22.4. The van der Waals surface area contributed by atoms with Crippen LogP contribution in [0.1, 0.15) is 52.9 Å². The van der Waals surface area contributed by atoms with Crippen LogP contribution in [0.3, 0.4) is 0 Å². The number of fused-ring (bicyclic) bond motifs is 1. The second-order valence-corrected chi connectivity index (χ2v) is 8.91. The summed E-state index contributed by atoms with van der Waals surface area (Å²) in [6.45, 7) is 10.9. The van der Waals surface area contributed by atoms with Gasteiger partial charge in [-0.2, -0.15) is 0 Å². The monoisotopic (exact) mass is 521 g/mol. The summed E-state index contributed by atoms with van der Waals surface area (Å²) in [5.74, 6) is 1.23. The van der Waals surface area contributed by atoms with Crippen LogP contribution in [0.2, 0.25) is 0 Å². The van der Waals surface area contributed by atoms with E-state index in [4.69, 9.17) is 4.74 Å². The van der Waals surface area contributed by atoms with Crippen molar-refractivity contribution >= 4 is 41.9 Å². The summed E-state index contributed by atoms with van der Waals surface area (Å²) in [4.78, 5) is 35.0. The maximum absolute atomic E-state index is 12.3. The first-order valence-corrected chi connectivity index (χ1v) is 10.6. The highest BCUT2D eigenvalue weighted by Crippen LogP contribution is 2.18. The smallest absolute Gasteiger partial charge is 0.410 e. The van der Waals surface area contributed by atoms with Gasteiger partial charge in [-0.25, -0.2) is 4.79 Å². The highest BCUT2D eigenvalue weighted by atomic mass is 127. The Morgan fingerprint density at radius 1 is 1.21 bits per heavy atom. The number of piperazine rings is 1. The molecule has 0 aromatic heterocycles. The Kier molecular flexibility index (Phi) is 8.84. The second-order valence-electron chi connectivity index (χ2n) is 8.91. The molecule has 2 amide bonds. The molecule has 9 heteroatoms. The van der Waals surface area contributed by atoms with Gasteiger partial charge in [-0.15, -0.1) is 24.0 Å². The zero-order valence-electron chi connectivity index (χ0n) is 18.0. The molecule has 8 nitrogen and oxygen atoms in total. The minimum Gasteiger partial charge on any atom is -0.444 e. The summed E-state index contributed by atoms with van der Waals surface area (Å²) in [7, 11) is 0. The number of amides is 2. The number of nitrogens with one attached hydrogen (secondary N) is 1. The summed E-state index contributed by atoms with van der Waals surface area (Å²) in [5, 5.41) is 3.44. The van der Waals surface area contributed by atoms with Gasteiger partial charge < -0.3 is 24.8 Å². The maximum Gasteiger partial charge on any atom is 0.410 e. The van der Waals surface area contributed by atoms with Crippen molar-refractivity contribution in [3.05, 3.63) is 0 Å². The Morgan fingerprint density at radius 3 is 2.76 bits per heavy atom. The lowest BCUT2D eigenvalue weighted by Crippen LogP contribution is -2.57. The molecule has 0 radical (unpaired) electrons. The van der Waals surface area contributed by atoms with Crippen LogP contribution in [-0.4, -0.2) is 90.1 Å². The van der Waals surface area contributed by atoms with Crippen molar-refractivity contribution in [3.8, 4) is 0 Å². The quantitative estimate of drug-likeness (QED) is 0.454. The number of guanidine groups is 1. The van der Waals surface area contributed by atoms with E-state index < -0.39 is 5.60 Å². The van der Waals surface area contributed by atoms with Gasteiger partial charge >= 0.3 is 6.09 Å². The summed E-state index contributed by atoms with van der Waals surface area (Å²) >= 11 is 0. The van der Waals surface area contributed by atoms with E-state index in [0.29, 0.717) is 32.0 Å². The molecule has 1 N–H and O–H groups in total. The zero-order valence-corrected chi connectivity index (χ0v) is 20.3. The van der Waals surface area contributed by atoms with Crippen molar-refractivity contribution in [2.75, 3.05) is 45.8 Å². The molecule has 0 aromatic carbocycles. The van der Waals surface area contributed by atoms with E-state index in [2.05, 4.69) is 15.2 Å². The van der Waals surface area contributed by atoms with E-state index >= 15 is 0 Å². The lowest BCUT2D eigenvalue weighted by Gasteiger charge is -2.39. The number of halogens is 1. The third-order valence-corrected chi connectivity index (χ3v) is 5.42. The van der Waals surface area contributed by atoms with Crippen LogP contribution >= 0.6 is 24.0 Å². The molecule has 0 bridgehead atoms. The number of aliphatic imine (C=N–C) groups is 1. The van der Waals surface area contributed by atoms with Gasteiger partial charge in [0.15, 0.2) is 5.96 Å². The highest BCUT2D eigenvalue weighted by Gasteiger charge is 2.36. The predicted molar refractivity (Wildman–Crippen MR) is 124 cm³/mol. The van der Waals surface area contributed by atoms with Crippen LogP contribution in [0.25, 0.3) is 0 Å². The first kappa shape index (κ1) is 24.0. The summed E-state index contributed by atoms with van der Waals surface area (Å²) in [5.41, 5.74) is -0.470. The SMILES string of the molecule is CC(C)(C)OC(=O)N1CCN2C(NCCCN3CCCCCC3=O)=NCC2C1.I. The molecule has 1 atom stereocenters. The molecule has 0 aliphatic carbocycles. The first-order valence-electron chi connectivity index (χ1n) is 10.6. The number of hydrogen-bond donors (Lipinski definition) is 1. The summed E-state index contributed by atoms with van der Waals surface area (Å²) < 4.78 is 5.49. The molecule has 166 valence electrons. The van der Waals surface area contributed by atoms with E-state index in [0.717, 1.165) is 57.8 Å². The van der Waals surface area contributed by atoms with Gasteiger partial charge in [0.2, 0.25) is 5.91 Å². The number of carbonyl (C=O) groups excluding carboxylic acids is 2. The summed E-state index contributed by atoms with van der Waals surface area (Å²) in [6.07, 6.45) is 4.69. The van der Waals surface area contributed by atoms with Crippen LogP contribution in [-0.2, 0) is 9.53 Å². The highest BCUT2D eigenvalue weighted by molar-refractivity contribution is 14.0. The van der Waals surface area contributed by atoms with Crippen LogP contribution < -0.4 is 5.32 Å². The molecule has 1 unspecified atom stereocenters. The zero-order chi connectivity index (χ0) is 20.1. The molecule has 3 rings (SSSR count). The molecule has 2 fully saturated rings. The van der Waals surface area contributed by atoms with Crippen LogP contribution in [0, 0.1) is 0 Å². The minimum absolute atomic E-state index is 0. The number of hydrogen-bond acceptors (Lipinski definition) is 6. The fourth-order valence-electron chi connectivity index (χ4n) is 3.97. The molecular formula is C20H36IN5O3. The lowest BCUT2D eigenvalue weighted by atomic mass is 10.2. The molecule has 3 heterocycles. The standard InChI is InChI=1S/C20H35N5O3.HI/c1-20(2,3)28-19(27)24-12-13-25-16(15-24)14-22-18(25)21-9-7-11-23-10-6-4-5-8-17(23)26;/h16H,4-15H2,1-3H3,(H,21,22);1H. The number of likely N-dealkylation sites (tertiary alicyclic amines) is 1. The Morgan fingerprint density at radius 2 is 2.00 bits per heavy atom. The Balaban J connectivity index is 0.00000300. The molecule has 0 aromatic rings. The Bertz CT molecular complexity index is 607. The third kappa shape index (κ3) is 6.89. The Labute approximate surface area is 191 Å². The van der Waals surface area contributed by atoms with Crippen molar-refractivity contribution < 1.29 is 14.3 Å². The fourth-order valence-corrected chi connectivity index (χ4v) is 3.97. The molecule has 3 aliphatic rings. The molecule has 3 aliphatic heterocycles. The van der Waals surface area contributed by atoms with Gasteiger partial charge in [0.25, 0.3) is 0 Å². The van der Waals surface area contributed by atoms with E-state index in [1.165, 1.54) is 0 Å². The van der Waals surface area contributed by atoms with Crippen molar-refractivity contribution in [1.29, 1.82) is 0 Å². The molecule has 29 heavy (non-hydrogen) atoms. The van der Waals surface area contributed by atoms with E-state index in [1.54, 1.807) is 4.90 Å². The number of ether oxygens (including phenoxy) is 1. The van der Waals surface area contributed by atoms with Gasteiger partial charge in [-0.05, 0) is 40.0 Å². The maximum atomic E-state index is 12.3. The van der Waals surface area contributed by atoms with Gasteiger partial charge in [0.1, 0.15) is 5.60 Å². The predicted octanol–water partition coefficient (Wildman–Crippen LogP) is 2.28.